The fourth-order valence-electron chi connectivity index (χ4n) is 2.70. The van der Waals surface area contributed by atoms with Gasteiger partial charge in [0.1, 0.15) is 5.57 Å². The van der Waals surface area contributed by atoms with Gasteiger partial charge < -0.3 is 0 Å². The van der Waals surface area contributed by atoms with E-state index in [2.05, 4.69) is 5.32 Å². The molecule has 0 unspecified atom stereocenters. The van der Waals surface area contributed by atoms with Gasteiger partial charge in [-0.2, -0.15) is 0 Å². The smallest absolute Gasteiger partial charge is 0.273 e. The molecule has 1 heterocycles. The third kappa shape index (κ3) is 3.85. The van der Waals surface area contributed by atoms with E-state index < -0.39 is 22.8 Å². The lowest BCUT2D eigenvalue weighted by atomic mass is 10.1. The number of rotatable bonds is 5. The van der Waals surface area contributed by atoms with Crippen molar-refractivity contribution in [1.82, 2.24) is 5.32 Å². The SMILES string of the molecule is O=C1NC(=O)N(c2ccccc2)C(=O)C1=CCC=Cc1ccccc1[N+](=O)[O-]. The zero-order chi connectivity index (χ0) is 20.1. The molecule has 28 heavy (non-hydrogen) atoms. The largest absolute Gasteiger partial charge is 0.335 e. The Hall–Kier alpha value is -4.07. The van der Waals surface area contributed by atoms with E-state index in [1.165, 1.54) is 12.1 Å². The lowest BCUT2D eigenvalue weighted by Crippen LogP contribution is -2.54. The molecule has 1 aliphatic rings. The number of carbonyl (C=O) groups excluding carboxylic acids is 3. The maximum Gasteiger partial charge on any atom is 0.335 e. The van der Waals surface area contributed by atoms with Crippen LogP contribution in [-0.2, 0) is 9.59 Å². The number of para-hydroxylation sites is 2. The maximum absolute atomic E-state index is 12.6. The number of nitrogens with one attached hydrogen (secondary N) is 1. The molecule has 0 spiro atoms. The molecule has 140 valence electrons. The highest BCUT2D eigenvalue weighted by atomic mass is 16.6. The first-order chi connectivity index (χ1) is 13.5. The first-order valence-corrected chi connectivity index (χ1v) is 8.34. The molecule has 0 aromatic heterocycles. The normalized spacial score (nSPS) is 15.9. The zero-order valence-corrected chi connectivity index (χ0v) is 14.6. The molecule has 0 saturated carbocycles. The molecule has 0 radical (unpaired) electrons. The van der Waals surface area contributed by atoms with Gasteiger partial charge in [0, 0.05) is 6.07 Å². The standard InChI is InChI=1S/C20H15N3O5/c24-18-16(12-6-4-8-14-9-5-7-13-17(14)23(27)28)19(25)22(20(26)21-18)15-10-2-1-3-11-15/h1-5,7-13H,6H2,(H,21,24,26). The summed E-state index contributed by atoms with van der Waals surface area (Å²) in [4.78, 5) is 48.1. The highest BCUT2D eigenvalue weighted by molar-refractivity contribution is 6.37. The fraction of sp³-hybridized carbons (Fsp3) is 0.0500. The Bertz CT molecular complexity index is 1010. The van der Waals surface area contributed by atoms with Gasteiger partial charge in [-0.1, -0.05) is 48.6 Å². The number of benzene rings is 2. The van der Waals surface area contributed by atoms with E-state index in [9.17, 15) is 24.5 Å². The molecule has 0 atom stereocenters. The third-order valence-electron chi connectivity index (χ3n) is 4.00. The number of imide groups is 2. The molecule has 2 aromatic carbocycles. The summed E-state index contributed by atoms with van der Waals surface area (Å²) in [5.41, 5.74) is 0.541. The van der Waals surface area contributed by atoms with Crippen LogP contribution in [-0.4, -0.2) is 22.8 Å². The topological polar surface area (TPSA) is 110 Å². The number of nitro benzene ring substituents is 1. The van der Waals surface area contributed by atoms with Crippen molar-refractivity contribution < 1.29 is 19.3 Å². The molecule has 0 bridgehead atoms. The number of hydrogen-bond acceptors (Lipinski definition) is 5. The highest BCUT2D eigenvalue weighted by Crippen LogP contribution is 2.21. The van der Waals surface area contributed by atoms with Crippen molar-refractivity contribution in [3.63, 3.8) is 0 Å². The Balaban J connectivity index is 1.80. The summed E-state index contributed by atoms with van der Waals surface area (Å²) in [5, 5.41) is 13.2. The molecule has 8 heteroatoms. The molecule has 3 rings (SSSR count). The molecule has 2 aromatic rings. The second-order valence-electron chi connectivity index (χ2n) is 5.81. The Morgan fingerprint density at radius 2 is 1.68 bits per heavy atom. The second kappa shape index (κ2) is 8.09. The number of hydrogen-bond donors (Lipinski definition) is 1. The molecule has 1 N–H and O–H groups in total. The zero-order valence-electron chi connectivity index (χ0n) is 14.6. The third-order valence-corrected chi connectivity index (χ3v) is 4.00. The summed E-state index contributed by atoms with van der Waals surface area (Å²) in [6.07, 6.45) is 4.70. The van der Waals surface area contributed by atoms with Crippen LogP contribution in [0.3, 0.4) is 0 Å². The Morgan fingerprint density at radius 1 is 1.00 bits per heavy atom. The van der Waals surface area contributed by atoms with Gasteiger partial charge in [0.2, 0.25) is 0 Å². The van der Waals surface area contributed by atoms with Crippen LogP contribution in [0.15, 0.2) is 72.3 Å². The minimum absolute atomic E-state index is 0.0428. The van der Waals surface area contributed by atoms with Crippen LogP contribution in [0.2, 0.25) is 0 Å². The first-order valence-electron chi connectivity index (χ1n) is 8.34. The van der Waals surface area contributed by atoms with E-state index in [0.717, 1.165) is 4.90 Å². The molecule has 4 amide bonds. The molecule has 1 saturated heterocycles. The fourth-order valence-corrected chi connectivity index (χ4v) is 2.70. The number of barbiturate groups is 1. The van der Waals surface area contributed by atoms with Gasteiger partial charge in [0.25, 0.3) is 17.5 Å². The average Bonchev–Trinajstić information content (AvgIpc) is 2.68. The number of nitrogens with zero attached hydrogens (tertiary/aromatic N) is 2. The van der Waals surface area contributed by atoms with Crippen LogP contribution >= 0.6 is 0 Å². The summed E-state index contributed by atoms with van der Waals surface area (Å²) in [6.45, 7) is 0. The number of anilines is 1. The molecule has 1 fully saturated rings. The van der Waals surface area contributed by atoms with Crippen molar-refractivity contribution in [3.8, 4) is 0 Å². The Labute approximate surface area is 159 Å². The minimum atomic E-state index is -0.811. The summed E-state index contributed by atoms with van der Waals surface area (Å²) < 4.78 is 0. The Kier molecular flexibility index (Phi) is 5.40. The minimum Gasteiger partial charge on any atom is -0.273 e. The van der Waals surface area contributed by atoms with Gasteiger partial charge in [-0.15, -0.1) is 0 Å². The number of allylic oxidation sites excluding steroid dienone is 2. The Morgan fingerprint density at radius 3 is 2.39 bits per heavy atom. The van der Waals surface area contributed by atoms with Gasteiger partial charge in [-0.3, -0.25) is 25.0 Å². The lowest BCUT2D eigenvalue weighted by Gasteiger charge is -2.26. The summed E-state index contributed by atoms with van der Waals surface area (Å²) in [7, 11) is 0. The van der Waals surface area contributed by atoms with Crippen molar-refractivity contribution in [3.05, 3.63) is 88.0 Å². The van der Waals surface area contributed by atoms with E-state index in [1.807, 2.05) is 0 Å². The predicted molar refractivity (Wildman–Crippen MR) is 102 cm³/mol. The van der Waals surface area contributed by atoms with Crippen molar-refractivity contribution in [1.29, 1.82) is 0 Å². The van der Waals surface area contributed by atoms with Crippen LogP contribution in [0.1, 0.15) is 12.0 Å². The van der Waals surface area contributed by atoms with Crippen LogP contribution in [0.25, 0.3) is 6.08 Å². The summed E-state index contributed by atoms with van der Waals surface area (Å²) in [5.74, 6) is -1.50. The first kappa shape index (κ1) is 18.7. The van der Waals surface area contributed by atoms with Gasteiger partial charge in [0.15, 0.2) is 0 Å². The average molecular weight is 377 g/mol. The number of carbonyl (C=O) groups is 3. The van der Waals surface area contributed by atoms with E-state index in [0.29, 0.717) is 11.3 Å². The molecular formula is C20H15N3O5. The monoisotopic (exact) mass is 377 g/mol. The quantitative estimate of drug-likeness (QED) is 0.372. The van der Waals surface area contributed by atoms with Crippen LogP contribution in [0.4, 0.5) is 16.2 Å². The lowest BCUT2D eigenvalue weighted by molar-refractivity contribution is -0.385. The van der Waals surface area contributed by atoms with Crippen molar-refractivity contribution in [2.24, 2.45) is 0 Å². The van der Waals surface area contributed by atoms with Crippen LogP contribution < -0.4 is 10.2 Å². The second-order valence-corrected chi connectivity index (χ2v) is 5.81. The summed E-state index contributed by atoms with van der Waals surface area (Å²) in [6, 6.07) is 13.7. The van der Waals surface area contributed by atoms with E-state index in [1.54, 1.807) is 60.7 Å². The van der Waals surface area contributed by atoms with Crippen molar-refractivity contribution in [2.45, 2.75) is 6.42 Å². The molecule has 8 nitrogen and oxygen atoms in total. The number of urea groups is 1. The van der Waals surface area contributed by atoms with Gasteiger partial charge in [-0.25, -0.2) is 9.69 Å². The van der Waals surface area contributed by atoms with Gasteiger partial charge in [-0.05, 0) is 24.6 Å². The molecule has 1 aliphatic heterocycles. The van der Waals surface area contributed by atoms with Crippen molar-refractivity contribution >= 4 is 35.3 Å². The van der Waals surface area contributed by atoms with E-state index in [4.69, 9.17) is 0 Å². The van der Waals surface area contributed by atoms with E-state index >= 15 is 0 Å². The van der Waals surface area contributed by atoms with Crippen LogP contribution in [0.5, 0.6) is 0 Å². The number of nitro groups is 1. The van der Waals surface area contributed by atoms with E-state index in [-0.39, 0.29) is 17.7 Å². The molecule has 0 aliphatic carbocycles. The summed E-state index contributed by atoms with van der Waals surface area (Å²) >= 11 is 0. The van der Waals surface area contributed by atoms with Crippen molar-refractivity contribution in [2.75, 3.05) is 4.90 Å². The maximum atomic E-state index is 12.6. The highest BCUT2D eigenvalue weighted by Gasteiger charge is 2.36. The van der Waals surface area contributed by atoms with Crippen LogP contribution in [0, 0.1) is 10.1 Å². The molecular weight excluding hydrogens is 362 g/mol. The van der Waals surface area contributed by atoms with Gasteiger partial charge >= 0.3 is 6.03 Å². The number of amides is 4. The van der Waals surface area contributed by atoms with Gasteiger partial charge in [0.05, 0.1) is 16.2 Å². The predicted octanol–water partition coefficient (Wildman–Crippen LogP) is 3.21.